The van der Waals surface area contributed by atoms with Crippen LogP contribution in [0.5, 0.6) is 5.75 Å². The molecule has 0 saturated carbocycles. The van der Waals surface area contributed by atoms with E-state index in [4.69, 9.17) is 16.3 Å². The molecule has 4 nitrogen and oxygen atoms in total. The van der Waals surface area contributed by atoms with Gasteiger partial charge in [-0.05, 0) is 26.0 Å². The van der Waals surface area contributed by atoms with Gasteiger partial charge in [-0.3, -0.25) is 4.98 Å². The molecule has 0 aliphatic rings. The third kappa shape index (κ3) is 3.35. The number of nitrogens with zero attached hydrogens (tertiary/aromatic N) is 2. The van der Waals surface area contributed by atoms with Crippen LogP contribution in [0.1, 0.15) is 17.0 Å². The first-order valence-corrected chi connectivity index (χ1v) is 6.34. The molecule has 1 heterocycles. The summed E-state index contributed by atoms with van der Waals surface area (Å²) in [5.41, 5.74) is 2.78. The van der Waals surface area contributed by atoms with Crippen LogP contribution in [0.15, 0.2) is 24.4 Å². The monoisotopic (exact) mass is 277 g/mol. The number of aryl methyl sites for hydroxylation is 2. The van der Waals surface area contributed by atoms with Gasteiger partial charge in [0.15, 0.2) is 0 Å². The fraction of sp³-hybridized carbons (Fsp3) is 0.286. The van der Waals surface area contributed by atoms with Crippen LogP contribution in [0.2, 0.25) is 5.02 Å². The van der Waals surface area contributed by atoms with Crippen molar-refractivity contribution in [3.8, 4) is 5.75 Å². The summed E-state index contributed by atoms with van der Waals surface area (Å²) in [6.45, 7) is 4.45. The maximum atomic E-state index is 5.94. The lowest BCUT2D eigenvalue weighted by atomic mass is 10.2. The van der Waals surface area contributed by atoms with Crippen LogP contribution in [0.3, 0.4) is 0 Å². The molecule has 1 N–H and O–H groups in total. The Morgan fingerprint density at radius 2 is 2.11 bits per heavy atom. The predicted molar refractivity (Wildman–Crippen MR) is 76.8 cm³/mol. The van der Waals surface area contributed by atoms with E-state index in [1.807, 2.05) is 26.0 Å². The summed E-state index contributed by atoms with van der Waals surface area (Å²) in [5.74, 6) is 1.55. The van der Waals surface area contributed by atoms with E-state index in [9.17, 15) is 0 Å². The van der Waals surface area contributed by atoms with Crippen molar-refractivity contribution >= 4 is 17.4 Å². The smallest absolute Gasteiger partial charge is 0.148 e. The molecule has 0 spiro atoms. The maximum Gasteiger partial charge on any atom is 0.148 e. The third-order valence-corrected chi connectivity index (χ3v) is 3.01. The largest absolute Gasteiger partial charge is 0.496 e. The van der Waals surface area contributed by atoms with E-state index < -0.39 is 0 Å². The fourth-order valence-electron chi connectivity index (χ4n) is 1.75. The molecule has 100 valence electrons. The van der Waals surface area contributed by atoms with Crippen molar-refractivity contribution in [1.82, 2.24) is 9.97 Å². The molecule has 19 heavy (non-hydrogen) atoms. The highest BCUT2D eigenvalue weighted by atomic mass is 35.5. The van der Waals surface area contributed by atoms with Crippen molar-refractivity contribution in [2.75, 3.05) is 12.4 Å². The van der Waals surface area contributed by atoms with Gasteiger partial charge in [-0.1, -0.05) is 17.7 Å². The normalized spacial score (nSPS) is 10.3. The highest BCUT2D eigenvalue weighted by Gasteiger charge is 2.06. The molecule has 0 radical (unpaired) electrons. The number of ether oxygens (including phenoxy) is 1. The van der Waals surface area contributed by atoms with E-state index >= 15 is 0 Å². The molecular weight excluding hydrogens is 262 g/mol. The standard InChI is InChI=1S/C14H16ClN3O/c1-9-7-16-10(2)14(18-9)17-8-11-4-5-12(15)6-13(11)19-3/h4-7H,8H2,1-3H3,(H,17,18). The highest BCUT2D eigenvalue weighted by molar-refractivity contribution is 6.30. The van der Waals surface area contributed by atoms with Crippen molar-refractivity contribution in [2.45, 2.75) is 20.4 Å². The quantitative estimate of drug-likeness (QED) is 0.931. The van der Waals surface area contributed by atoms with Crippen LogP contribution in [-0.2, 0) is 6.54 Å². The van der Waals surface area contributed by atoms with E-state index in [0.717, 1.165) is 28.5 Å². The third-order valence-electron chi connectivity index (χ3n) is 2.77. The van der Waals surface area contributed by atoms with E-state index in [-0.39, 0.29) is 0 Å². The summed E-state index contributed by atoms with van der Waals surface area (Å²) in [6.07, 6.45) is 1.75. The zero-order chi connectivity index (χ0) is 13.8. The van der Waals surface area contributed by atoms with Gasteiger partial charge in [0.2, 0.25) is 0 Å². The number of hydrogen-bond acceptors (Lipinski definition) is 4. The molecule has 0 atom stereocenters. The Hall–Kier alpha value is -1.81. The van der Waals surface area contributed by atoms with E-state index in [0.29, 0.717) is 11.6 Å². The average molecular weight is 278 g/mol. The van der Waals surface area contributed by atoms with Gasteiger partial charge in [0, 0.05) is 23.3 Å². The fourth-order valence-corrected chi connectivity index (χ4v) is 1.91. The lowest BCUT2D eigenvalue weighted by molar-refractivity contribution is 0.410. The summed E-state index contributed by atoms with van der Waals surface area (Å²) in [5, 5.41) is 3.93. The van der Waals surface area contributed by atoms with E-state index in [1.165, 1.54) is 0 Å². The summed E-state index contributed by atoms with van der Waals surface area (Å²) in [6, 6.07) is 5.58. The van der Waals surface area contributed by atoms with Gasteiger partial charge in [0.25, 0.3) is 0 Å². The first-order chi connectivity index (χ1) is 9.10. The first kappa shape index (κ1) is 13.6. The second kappa shape index (κ2) is 5.89. The number of halogens is 1. The molecule has 5 heteroatoms. The number of nitrogens with one attached hydrogen (secondary N) is 1. The van der Waals surface area contributed by atoms with Gasteiger partial charge in [-0.25, -0.2) is 4.98 Å². The zero-order valence-corrected chi connectivity index (χ0v) is 12.0. The second-order valence-electron chi connectivity index (χ2n) is 4.26. The second-order valence-corrected chi connectivity index (χ2v) is 4.69. The van der Waals surface area contributed by atoms with Crippen molar-refractivity contribution < 1.29 is 4.74 Å². The summed E-state index contributed by atoms with van der Waals surface area (Å²) < 4.78 is 5.31. The SMILES string of the molecule is COc1cc(Cl)ccc1CNc1nc(C)cnc1C. The molecule has 0 aliphatic carbocycles. The molecule has 0 fully saturated rings. The van der Waals surface area contributed by atoms with Crippen molar-refractivity contribution in [1.29, 1.82) is 0 Å². The zero-order valence-electron chi connectivity index (χ0n) is 11.2. The van der Waals surface area contributed by atoms with Crippen LogP contribution in [0, 0.1) is 13.8 Å². The predicted octanol–water partition coefficient (Wildman–Crippen LogP) is 3.37. The average Bonchev–Trinajstić information content (AvgIpc) is 2.40. The summed E-state index contributed by atoms with van der Waals surface area (Å²) in [4.78, 5) is 8.69. The minimum absolute atomic E-state index is 0.610. The van der Waals surface area contributed by atoms with Gasteiger partial charge < -0.3 is 10.1 Å². The Labute approximate surface area is 117 Å². The summed E-state index contributed by atoms with van der Waals surface area (Å²) in [7, 11) is 1.63. The summed E-state index contributed by atoms with van der Waals surface area (Å²) >= 11 is 5.94. The van der Waals surface area contributed by atoms with Crippen LogP contribution in [0.25, 0.3) is 0 Å². The number of aromatic nitrogens is 2. The molecular formula is C14H16ClN3O. The Kier molecular flexibility index (Phi) is 4.22. The molecule has 2 aromatic rings. The molecule has 1 aromatic carbocycles. The Morgan fingerprint density at radius 1 is 1.32 bits per heavy atom. The van der Waals surface area contributed by atoms with Crippen molar-refractivity contribution in [3.63, 3.8) is 0 Å². The van der Waals surface area contributed by atoms with Crippen LogP contribution in [0.4, 0.5) is 5.82 Å². The van der Waals surface area contributed by atoms with Crippen LogP contribution in [-0.4, -0.2) is 17.1 Å². The lowest BCUT2D eigenvalue weighted by Crippen LogP contribution is -2.06. The molecule has 0 bridgehead atoms. The number of rotatable bonds is 4. The Bertz CT molecular complexity index is 587. The van der Waals surface area contributed by atoms with Gasteiger partial charge in [-0.2, -0.15) is 0 Å². The molecule has 2 rings (SSSR count). The highest BCUT2D eigenvalue weighted by Crippen LogP contribution is 2.24. The maximum absolute atomic E-state index is 5.94. The topological polar surface area (TPSA) is 47.0 Å². The van der Waals surface area contributed by atoms with Crippen molar-refractivity contribution in [2.24, 2.45) is 0 Å². The number of methoxy groups -OCH3 is 1. The van der Waals surface area contributed by atoms with E-state index in [1.54, 1.807) is 19.4 Å². The van der Waals surface area contributed by atoms with Gasteiger partial charge in [0.1, 0.15) is 11.6 Å². The lowest BCUT2D eigenvalue weighted by Gasteiger charge is -2.12. The molecule has 0 aliphatic heterocycles. The van der Waals surface area contributed by atoms with Crippen molar-refractivity contribution in [3.05, 3.63) is 46.4 Å². The minimum atomic E-state index is 0.610. The molecule has 1 aromatic heterocycles. The van der Waals surface area contributed by atoms with Gasteiger partial charge >= 0.3 is 0 Å². The number of anilines is 1. The van der Waals surface area contributed by atoms with Crippen LogP contribution >= 0.6 is 11.6 Å². The van der Waals surface area contributed by atoms with Gasteiger partial charge in [0.05, 0.1) is 18.5 Å². The Balaban J connectivity index is 2.16. The molecule has 0 amide bonds. The minimum Gasteiger partial charge on any atom is -0.496 e. The molecule has 0 saturated heterocycles. The first-order valence-electron chi connectivity index (χ1n) is 5.96. The Morgan fingerprint density at radius 3 is 2.84 bits per heavy atom. The molecule has 0 unspecified atom stereocenters. The number of hydrogen-bond donors (Lipinski definition) is 1. The van der Waals surface area contributed by atoms with Crippen LogP contribution < -0.4 is 10.1 Å². The number of benzene rings is 1. The van der Waals surface area contributed by atoms with Gasteiger partial charge in [-0.15, -0.1) is 0 Å². The van der Waals surface area contributed by atoms with E-state index in [2.05, 4.69) is 15.3 Å².